The molecule has 1 atom stereocenters. The van der Waals surface area contributed by atoms with Gasteiger partial charge in [0.15, 0.2) is 0 Å². The number of oxazole rings is 1. The van der Waals surface area contributed by atoms with Gasteiger partial charge >= 0.3 is 0 Å². The van der Waals surface area contributed by atoms with Gasteiger partial charge in [-0.25, -0.2) is 4.98 Å². The Morgan fingerprint density at radius 1 is 1.04 bits per heavy atom. The molecular weight excluding hydrogens is 354 g/mol. The molecule has 0 spiro atoms. The van der Waals surface area contributed by atoms with Gasteiger partial charge in [0.2, 0.25) is 5.89 Å². The molecule has 0 saturated heterocycles. The van der Waals surface area contributed by atoms with Crippen molar-refractivity contribution in [2.75, 3.05) is 5.01 Å². The molecule has 1 unspecified atom stereocenters. The summed E-state index contributed by atoms with van der Waals surface area (Å²) in [5.41, 5.74) is 3.18. The van der Waals surface area contributed by atoms with E-state index in [-0.39, 0.29) is 6.04 Å². The quantitative estimate of drug-likeness (QED) is 0.667. The van der Waals surface area contributed by atoms with E-state index in [2.05, 4.69) is 33.0 Å². The van der Waals surface area contributed by atoms with Crippen molar-refractivity contribution in [2.24, 2.45) is 5.10 Å². The van der Waals surface area contributed by atoms with Crippen molar-refractivity contribution in [3.05, 3.63) is 83.0 Å². The molecule has 0 amide bonds. The summed E-state index contributed by atoms with van der Waals surface area (Å²) in [4.78, 5) is 4.33. The van der Waals surface area contributed by atoms with Crippen LogP contribution in [-0.2, 0) is 0 Å². The van der Waals surface area contributed by atoms with E-state index in [9.17, 15) is 0 Å². The van der Waals surface area contributed by atoms with Crippen LogP contribution in [0.4, 0.5) is 5.69 Å². The number of hydrogen-bond acceptors (Lipinski definition) is 4. The monoisotopic (exact) mass is 367 g/mol. The fourth-order valence-corrected chi connectivity index (χ4v) is 3.00. The highest BCUT2D eigenvalue weighted by Gasteiger charge is 2.32. The molecule has 0 aliphatic carbocycles. The van der Waals surface area contributed by atoms with Gasteiger partial charge in [-0.2, -0.15) is 5.10 Å². The molecule has 1 aliphatic rings. The highest BCUT2D eigenvalue weighted by atomic mass is 79.9. The smallest absolute Gasteiger partial charge is 0.219 e. The van der Waals surface area contributed by atoms with Gasteiger partial charge in [0, 0.05) is 10.9 Å². The molecule has 0 radical (unpaired) electrons. The Balaban J connectivity index is 1.74. The molecule has 0 saturated carbocycles. The van der Waals surface area contributed by atoms with Crippen molar-refractivity contribution in [1.29, 1.82) is 0 Å². The molecule has 5 heteroatoms. The van der Waals surface area contributed by atoms with Gasteiger partial charge < -0.3 is 4.42 Å². The van der Waals surface area contributed by atoms with Gasteiger partial charge in [-0.15, -0.1) is 0 Å². The molecule has 2 aromatic carbocycles. The second kappa shape index (κ2) is 6.01. The molecule has 4 rings (SSSR count). The highest BCUT2D eigenvalue weighted by Crippen LogP contribution is 2.36. The molecule has 0 fully saturated rings. The van der Waals surface area contributed by atoms with Crippen LogP contribution in [0.5, 0.6) is 0 Å². The lowest BCUT2D eigenvalue weighted by atomic mass is 10.0. The van der Waals surface area contributed by atoms with Crippen molar-refractivity contribution in [3.63, 3.8) is 0 Å². The van der Waals surface area contributed by atoms with Gasteiger partial charge in [-0.3, -0.25) is 5.01 Å². The summed E-state index contributed by atoms with van der Waals surface area (Å²) in [5, 5.41) is 6.82. The summed E-state index contributed by atoms with van der Waals surface area (Å²) in [6, 6.07) is 18.3. The lowest BCUT2D eigenvalue weighted by Gasteiger charge is -2.20. The van der Waals surface area contributed by atoms with Gasteiger partial charge in [0.1, 0.15) is 12.3 Å². The number of hydrazone groups is 1. The normalized spacial score (nSPS) is 17.3. The third-order valence-electron chi connectivity index (χ3n) is 3.85. The maximum Gasteiger partial charge on any atom is 0.219 e. The van der Waals surface area contributed by atoms with Crippen molar-refractivity contribution < 1.29 is 4.42 Å². The summed E-state index contributed by atoms with van der Waals surface area (Å²) in [7, 11) is 0. The second-order valence-corrected chi connectivity index (χ2v) is 6.24. The first-order valence-electron chi connectivity index (χ1n) is 7.38. The van der Waals surface area contributed by atoms with Crippen molar-refractivity contribution >= 4 is 27.3 Å². The molecule has 114 valence electrons. The van der Waals surface area contributed by atoms with Crippen LogP contribution in [0.1, 0.15) is 23.9 Å². The van der Waals surface area contributed by atoms with E-state index in [4.69, 9.17) is 9.52 Å². The number of halogens is 1. The second-order valence-electron chi connectivity index (χ2n) is 5.32. The fraction of sp³-hybridized carbons (Fsp3) is 0.111. The van der Waals surface area contributed by atoms with Crippen LogP contribution >= 0.6 is 15.9 Å². The number of benzene rings is 2. The Kier molecular flexibility index (Phi) is 3.71. The number of rotatable bonds is 3. The number of nitrogens with zero attached hydrogens (tertiary/aromatic N) is 3. The van der Waals surface area contributed by atoms with Gasteiger partial charge in [0.05, 0.1) is 17.6 Å². The van der Waals surface area contributed by atoms with E-state index in [1.54, 1.807) is 12.5 Å². The minimum Gasteiger partial charge on any atom is -0.447 e. The Hall–Kier alpha value is -2.40. The standard InChI is InChI=1S/C18H14BrN3O/c19-14-6-8-15(9-7-14)22-17(18-20-10-11-23-18)12-16(21-22)13-4-2-1-3-5-13/h1-11,17H,12H2. The van der Waals surface area contributed by atoms with E-state index in [0.717, 1.165) is 27.9 Å². The zero-order valence-electron chi connectivity index (χ0n) is 12.3. The molecule has 2 heterocycles. The van der Waals surface area contributed by atoms with Crippen molar-refractivity contribution in [1.82, 2.24) is 4.98 Å². The number of aromatic nitrogens is 1. The lowest BCUT2D eigenvalue weighted by molar-refractivity contribution is 0.449. The predicted molar refractivity (Wildman–Crippen MR) is 93.5 cm³/mol. The first-order chi connectivity index (χ1) is 11.3. The molecular formula is C18H14BrN3O. The predicted octanol–water partition coefficient (Wildman–Crippen LogP) is 4.79. The van der Waals surface area contributed by atoms with Crippen LogP contribution < -0.4 is 5.01 Å². The van der Waals surface area contributed by atoms with Gasteiger partial charge in [-0.1, -0.05) is 46.3 Å². The summed E-state index contributed by atoms with van der Waals surface area (Å²) in [6.07, 6.45) is 4.05. The average molecular weight is 368 g/mol. The summed E-state index contributed by atoms with van der Waals surface area (Å²) < 4.78 is 6.58. The van der Waals surface area contributed by atoms with Crippen LogP contribution in [0.2, 0.25) is 0 Å². The maximum atomic E-state index is 5.54. The van der Waals surface area contributed by atoms with Gasteiger partial charge in [-0.05, 0) is 29.8 Å². The summed E-state index contributed by atoms with van der Waals surface area (Å²) in [5.74, 6) is 0.683. The topological polar surface area (TPSA) is 41.6 Å². The Labute approximate surface area is 142 Å². The molecule has 23 heavy (non-hydrogen) atoms. The SMILES string of the molecule is Brc1ccc(N2N=C(c3ccccc3)CC2c2ncco2)cc1. The lowest BCUT2D eigenvalue weighted by Crippen LogP contribution is -2.18. The fourth-order valence-electron chi connectivity index (χ4n) is 2.74. The molecule has 1 aliphatic heterocycles. The van der Waals surface area contributed by atoms with Crippen LogP contribution in [0, 0.1) is 0 Å². The minimum atomic E-state index is -0.0265. The van der Waals surface area contributed by atoms with E-state index in [1.165, 1.54) is 0 Å². The van der Waals surface area contributed by atoms with Crippen molar-refractivity contribution in [3.8, 4) is 0 Å². The third kappa shape index (κ3) is 2.80. The minimum absolute atomic E-state index is 0.0265. The average Bonchev–Trinajstić information content (AvgIpc) is 3.26. The maximum absolute atomic E-state index is 5.54. The largest absolute Gasteiger partial charge is 0.447 e. The van der Waals surface area contributed by atoms with Crippen LogP contribution in [0.3, 0.4) is 0 Å². The molecule has 1 aromatic heterocycles. The zero-order valence-corrected chi connectivity index (χ0v) is 13.8. The molecule has 3 aromatic rings. The van der Waals surface area contributed by atoms with Crippen LogP contribution in [0.25, 0.3) is 0 Å². The summed E-state index contributed by atoms with van der Waals surface area (Å²) >= 11 is 3.47. The molecule has 0 N–H and O–H groups in total. The highest BCUT2D eigenvalue weighted by molar-refractivity contribution is 9.10. The van der Waals surface area contributed by atoms with E-state index < -0.39 is 0 Å². The Morgan fingerprint density at radius 3 is 2.52 bits per heavy atom. The molecule has 0 bridgehead atoms. The molecule has 4 nitrogen and oxygen atoms in total. The van der Waals surface area contributed by atoms with Crippen LogP contribution in [-0.4, -0.2) is 10.7 Å². The van der Waals surface area contributed by atoms with Crippen LogP contribution in [0.15, 0.2) is 81.0 Å². The number of hydrogen-bond donors (Lipinski definition) is 0. The summed E-state index contributed by atoms with van der Waals surface area (Å²) in [6.45, 7) is 0. The van der Waals surface area contributed by atoms with Gasteiger partial charge in [0.25, 0.3) is 0 Å². The first-order valence-corrected chi connectivity index (χ1v) is 8.17. The number of anilines is 1. The third-order valence-corrected chi connectivity index (χ3v) is 4.37. The Morgan fingerprint density at radius 2 is 1.83 bits per heavy atom. The van der Waals surface area contributed by atoms with Crippen molar-refractivity contribution in [2.45, 2.75) is 12.5 Å². The Bertz CT molecular complexity index is 813. The van der Waals surface area contributed by atoms with E-state index in [0.29, 0.717) is 5.89 Å². The van der Waals surface area contributed by atoms with E-state index in [1.807, 2.05) is 47.5 Å². The zero-order chi connectivity index (χ0) is 15.6. The van der Waals surface area contributed by atoms with E-state index >= 15 is 0 Å². The first kappa shape index (κ1) is 14.2.